The van der Waals surface area contributed by atoms with Gasteiger partial charge in [0.15, 0.2) is 0 Å². The lowest BCUT2D eigenvalue weighted by molar-refractivity contribution is 0.379. The van der Waals surface area contributed by atoms with Gasteiger partial charge in [0.1, 0.15) is 0 Å². The first-order valence-electron chi connectivity index (χ1n) is 5.43. The van der Waals surface area contributed by atoms with Crippen LogP contribution in [0, 0.1) is 0 Å². The largest absolute Gasteiger partial charge is 0.311 e. The lowest BCUT2D eigenvalue weighted by atomic mass is 10.0. The van der Waals surface area contributed by atoms with Crippen molar-refractivity contribution in [3.63, 3.8) is 0 Å². The maximum atomic E-state index is 3.56. The van der Waals surface area contributed by atoms with Gasteiger partial charge in [-0.2, -0.15) is 0 Å². The Morgan fingerprint density at radius 2 is 1.73 bits per heavy atom. The second kappa shape index (κ2) is 6.86. The smallest absolute Gasteiger partial charge is 0.0122 e. The summed E-state index contributed by atoms with van der Waals surface area (Å²) in [6.45, 7) is 7.77. The topological polar surface area (TPSA) is 12.0 Å². The Hall–Kier alpha value is -0.530. The molecule has 0 saturated heterocycles. The Labute approximate surface area is 99.7 Å². The van der Waals surface area contributed by atoms with Gasteiger partial charge >= 0.3 is 0 Å². The van der Waals surface area contributed by atoms with Crippen LogP contribution < -0.4 is 5.32 Å². The number of halogens is 1. The molecule has 86 valence electrons. The molecular formula is C13H22ClN. The Bertz CT molecular complexity index is 256. The molecule has 0 aromatic heterocycles. The molecule has 0 aliphatic heterocycles. The number of benzene rings is 1. The van der Waals surface area contributed by atoms with Crippen LogP contribution in [0.4, 0.5) is 0 Å². The zero-order valence-corrected chi connectivity index (χ0v) is 10.7. The summed E-state index contributed by atoms with van der Waals surface area (Å²) in [6.07, 6.45) is 2.28. The van der Waals surface area contributed by atoms with Crippen LogP contribution in [0.5, 0.6) is 0 Å². The van der Waals surface area contributed by atoms with Crippen LogP contribution >= 0.6 is 12.4 Å². The Morgan fingerprint density at radius 3 is 2.27 bits per heavy atom. The lowest BCUT2D eigenvalue weighted by Crippen LogP contribution is -2.39. The van der Waals surface area contributed by atoms with Crippen molar-refractivity contribution in [2.24, 2.45) is 0 Å². The second-order valence-corrected chi connectivity index (χ2v) is 4.40. The number of nitrogens with one attached hydrogen (secondary N) is 1. The van der Waals surface area contributed by atoms with Gasteiger partial charge in [-0.05, 0) is 38.8 Å². The first kappa shape index (κ1) is 14.5. The maximum Gasteiger partial charge on any atom is 0.0122 e. The SMILES string of the molecule is CCC(C)(C)NCCc1ccccc1.Cl. The van der Waals surface area contributed by atoms with Crippen molar-refractivity contribution in [3.05, 3.63) is 35.9 Å². The van der Waals surface area contributed by atoms with E-state index in [1.807, 2.05) is 0 Å². The van der Waals surface area contributed by atoms with E-state index in [1.54, 1.807) is 0 Å². The maximum absolute atomic E-state index is 3.56. The van der Waals surface area contributed by atoms with E-state index in [1.165, 1.54) is 12.0 Å². The van der Waals surface area contributed by atoms with Crippen molar-refractivity contribution in [1.29, 1.82) is 0 Å². The second-order valence-electron chi connectivity index (χ2n) is 4.40. The number of hydrogen-bond acceptors (Lipinski definition) is 1. The molecule has 1 rings (SSSR count). The van der Waals surface area contributed by atoms with E-state index in [-0.39, 0.29) is 17.9 Å². The molecule has 1 aromatic carbocycles. The van der Waals surface area contributed by atoms with Crippen LogP contribution in [-0.4, -0.2) is 12.1 Å². The first-order chi connectivity index (χ1) is 6.64. The summed E-state index contributed by atoms with van der Waals surface area (Å²) in [5.74, 6) is 0. The third kappa shape index (κ3) is 5.81. The predicted octanol–water partition coefficient (Wildman–Crippen LogP) is 3.43. The van der Waals surface area contributed by atoms with E-state index in [9.17, 15) is 0 Å². The standard InChI is InChI=1S/C13H21N.ClH/c1-4-13(2,3)14-11-10-12-8-6-5-7-9-12;/h5-9,14H,4,10-11H2,1-3H3;1H. The van der Waals surface area contributed by atoms with Gasteiger partial charge in [0.25, 0.3) is 0 Å². The van der Waals surface area contributed by atoms with Crippen LogP contribution in [-0.2, 0) is 6.42 Å². The van der Waals surface area contributed by atoms with Gasteiger partial charge < -0.3 is 5.32 Å². The van der Waals surface area contributed by atoms with Crippen molar-refractivity contribution in [2.45, 2.75) is 39.2 Å². The summed E-state index contributed by atoms with van der Waals surface area (Å²) in [6, 6.07) is 10.6. The molecule has 0 aliphatic carbocycles. The average molecular weight is 228 g/mol. The molecule has 0 spiro atoms. The first-order valence-corrected chi connectivity index (χ1v) is 5.43. The monoisotopic (exact) mass is 227 g/mol. The fraction of sp³-hybridized carbons (Fsp3) is 0.538. The van der Waals surface area contributed by atoms with Gasteiger partial charge in [0.05, 0.1) is 0 Å². The lowest BCUT2D eigenvalue weighted by Gasteiger charge is -2.24. The van der Waals surface area contributed by atoms with E-state index >= 15 is 0 Å². The summed E-state index contributed by atoms with van der Waals surface area (Å²) in [5, 5.41) is 3.56. The molecule has 0 heterocycles. The minimum absolute atomic E-state index is 0. The van der Waals surface area contributed by atoms with E-state index in [4.69, 9.17) is 0 Å². The van der Waals surface area contributed by atoms with E-state index in [2.05, 4.69) is 56.4 Å². The molecule has 1 nitrogen and oxygen atoms in total. The molecule has 0 unspecified atom stereocenters. The third-order valence-corrected chi connectivity index (χ3v) is 2.74. The summed E-state index contributed by atoms with van der Waals surface area (Å²) in [7, 11) is 0. The molecule has 0 radical (unpaired) electrons. The molecule has 1 N–H and O–H groups in total. The van der Waals surface area contributed by atoms with Crippen molar-refractivity contribution < 1.29 is 0 Å². The summed E-state index contributed by atoms with van der Waals surface area (Å²) in [5.41, 5.74) is 1.68. The molecule has 0 amide bonds. The fourth-order valence-electron chi connectivity index (χ4n) is 1.31. The minimum Gasteiger partial charge on any atom is -0.311 e. The highest BCUT2D eigenvalue weighted by molar-refractivity contribution is 5.85. The predicted molar refractivity (Wildman–Crippen MR) is 69.8 cm³/mol. The van der Waals surface area contributed by atoms with Crippen LogP contribution in [0.15, 0.2) is 30.3 Å². The molecule has 0 saturated carbocycles. The Balaban J connectivity index is 0.00000196. The quantitative estimate of drug-likeness (QED) is 0.813. The van der Waals surface area contributed by atoms with Crippen LogP contribution in [0.25, 0.3) is 0 Å². The highest BCUT2D eigenvalue weighted by Crippen LogP contribution is 2.07. The Morgan fingerprint density at radius 1 is 1.13 bits per heavy atom. The molecule has 0 bridgehead atoms. The van der Waals surface area contributed by atoms with Gasteiger partial charge in [-0.25, -0.2) is 0 Å². The zero-order valence-electron chi connectivity index (χ0n) is 9.92. The van der Waals surface area contributed by atoms with Crippen molar-refractivity contribution in [3.8, 4) is 0 Å². The zero-order chi connectivity index (χ0) is 10.4. The van der Waals surface area contributed by atoms with Crippen LogP contribution in [0.2, 0.25) is 0 Å². The van der Waals surface area contributed by atoms with Gasteiger partial charge in [-0.15, -0.1) is 12.4 Å². The van der Waals surface area contributed by atoms with E-state index in [0.717, 1.165) is 13.0 Å². The minimum atomic E-state index is 0. The van der Waals surface area contributed by atoms with Gasteiger partial charge in [0.2, 0.25) is 0 Å². The number of rotatable bonds is 5. The Kier molecular flexibility index (Phi) is 6.62. The molecule has 0 atom stereocenters. The highest BCUT2D eigenvalue weighted by Gasteiger charge is 2.12. The van der Waals surface area contributed by atoms with Crippen molar-refractivity contribution in [1.82, 2.24) is 5.32 Å². The number of hydrogen-bond donors (Lipinski definition) is 1. The van der Waals surface area contributed by atoms with Crippen molar-refractivity contribution >= 4 is 12.4 Å². The molecule has 2 heteroatoms. The van der Waals surface area contributed by atoms with E-state index in [0.29, 0.717) is 0 Å². The highest BCUT2D eigenvalue weighted by atomic mass is 35.5. The van der Waals surface area contributed by atoms with Crippen molar-refractivity contribution in [2.75, 3.05) is 6.54 Å². The molecule has 15 heavy (non-hydrogen) atoms. The van der Waals surface area contributed by atoms with Crippen LogP contribution in [0.1, 0.15) is 32.8 Å². The summed E-state index contributed by atoms with van der Waals surface area (Å²) in [4.78, 5) is 0. The van der Waals surface area contributed by atoms with Gasteiger partial charge in [0, 0.05) is 5.54 Å². The molecule has 0 fully saturated rings. The molecular weight excluding hydrogens is 206 g/mol. The normalized spacial score (nSPS) is 10.9. The summed E-state index contributed by atoms with van der Waals surface area (Å²) < 4.78 is 0. The molecule has 1 aromatic rings. The average Bonchev–Trinajstić information content (AvgIpc) is 2.19. The van der Waals surface area contributed by atoms with Gasteiger partial charge in [-0.1, -0.05) is 37.3 Å². The third-order valence-electron chi connectivity index (χ3n) is 2.74. The van der Waals surface area contributed by atoms with E-state index < -0.39 is 0 Å². The van der Waals surface area contributed by atoms with Crippen LogP contribution in [0.3, 0.4) is 0 Å². The fourth-order valence-corrected chi connectivity index (χ4v) is 1.31. The van der Waals surface area contributed by atoms with Gasteiger partial charge in [-0.3, -0.25) is 0 Å². The molecule has 0 aliphatic rings. The summed E-state index contributed by atoms with van der Waals surface area (Å²) >= 11 is 0.